The van der Waals surface area contributed by atoms with Crippen molar-refractivity contribution in [2.75, 3.05) is 0 Å². The second-order valence-electron chi connectivity index (χ2n) is 13.0. The zero-order valence-electron chi connectivity index (χ0n) is 26.8. The highest BCUT2D eigenvalue weighted by molar-refractivity contribution is 6.22. The summed E-state index contributed by atoms with van der Waals surface area (Å²) >= 11 is 0. The Hall–Kier alpha value is -5.20. The molecule has 0 heteroatoms. The number of rotatable bonds is 6. The van der Waals surface area contributed by atoms with Crippen molar-refractivity contribution in [1.29, 1.82) is 0 Å². The summed E-state index contributed by atoms with van der Waals surface area (Å²) < 4.78 is 0. The van der Waals surface area contributed by atoms with Crippen LogP contribution in [0.4, 0.5) is 0 Å². The lowest BCUT2D eigenvalue weighted by Gasteiger charge is -2.28. The first-order chi connectivity index (χ1) is 22.6. The molecule has 8 rings (SSSR count). The third-order valence-electron chi connectivity index (χ3n) is 10.6. The van der Waals surface area contributed by atoms with Crippen molar-refractivity contribution in [2.45, 2.75) is 39.0 Å². The molecule has 0 fully saturated rings. The van der Waals surface area contributed by atoms with Gasteiger partial charge in [0.15, 0.2) is 0 Å². The van der Waals surface area contributed by atoms with Crippen LogP contribution in [0.5, 0.6) is 0 Å². The minimum Gasteiger partial charge on any atom is -0.0645 e. The maximum atomic E-state index is 2.51. The summed E-state index contributed by atoms with van der Waals surface area (Å²) in [4.78, 5) is 0. The number of fused-ring (bicyclic) bond motifs is 4. The van der Waals surface area contributed by atoms with Crippen LogP contribution in [0.2, 0.25) is 0 Å². The third-order valence-corrected chi connectivity index (χ3v) is 10.6. The molecule has 0 spiro atoms. The average molecular weight is 591 g/mol. The van der Waals surface area contributed by atoms with E-state index in [-0.39, 0.29) is 5.41 Å². The molecule has 0 aromatic heterocycles. The summed E-state index contributed by atoms with van der Waals surface area (Å²) in [6, 6.07) is 56.5. The van der Waals surface area contributed by atoms with E-state index in [9.17, 15) is 0 Å². The van der Waals surface area contributed by atoms with Crippen molar-refractivity contribution in [3.63, 3.8) is 0 Å². The van der Waals surface area contributed by atoms with Gasteiger partial charge in [0.1, 0.15) is 0 Å². The molecule has 0 N–H and O–H groups in total. The Kier molecular flexibility index (Phi) is 6.95. The van der Waals surface area contributed by atoms with Gasteiger partial charge in [-0.25, -0.2) is 0 Å². The van der Waals surface area contributed by atoms with Gasteiger partial charge < -0.3 is 0 Å². The molecule has 0 atom stereocenters. The van der Waals surface area contributed by atoms with Gasteiger partial charge >= 0.3 is 0 Å². The highest BCUT2D eigenvalue weighted by Gasteiger charge is 2.24. The van der Waals surface area contributed by atoms with Crippen LogP contribution in [-0.4, -0.2) is 0 Å². The van der Waals surface area contributed by atoms with Gasteiger partial charge in [-0.2, -0.15) is 0 Å². The molecule has 0 radical (unpaired) electrons. The summed E-state index contributed by atoms with van der Waals surface area (Å²) in [5.41, 5.74) is 9.20. The molecule has 0 unspecified atom stereocenters. The van der Waals surface area contributed by atoms with E-state index >= 15 is 0 Å². The van der Waals surface area contributed by atoms with Gasteiger partial charge in [-0.15, -0.1) is 0 Å². The van der Waals surface area contributed by atoms with Crippen LogP contribution in [0.15, 0.2) is 152 Å². The van der Waals surface area contributed by atoms with Crippen LogP contribution in [0, 0.1) is 0 Å². The fourth-order valence-corrected chi connectivity index (χ4v) is 7.47. The zero-order valence-corrected chi connectivity index (χ0v) is 26.8. The van der Waals surface area contributed by atoms with E-state index in [4.69, 9.17) is 0 Å². The topological polar surface area (TPSA) is 0 Å². The van der Waals surface area contributed by atoms with Gasteiger partial charge in [-0.05, 0) is 112 Å². The summed E-state index contributed by atoms with van der Waals surface area (Å²) in [5, 5.41) is 10.3. The Morgan fingerprint density at radius 2 is 0.935 bits per heavy atom. The summed E-state index contributed by atoms with van der Waals surface area (Å²) in [5.74, 6) is 0. The minimum absolute atomic E-state index is 0.123. The van der Waals surface area contributed by atoms with Crippen molar-refractivity contribution in [3.8, 4) is 33.4 Å². The molecule has 0 saturated heterocycles. The SMILES string of the molecule is CCC(C)(CC)c1ccc2c(-c3ccc4ccccc4c3)c3ccccc3c(-c3ccc(-c4cccc5ccccc45)cc3)c2c1. The van der Waals surface area contributed by atoms with E-state index in [0.29, 0.717) is 0 Å². The molecule has 0 aliphatic heterocycles. The Labute approximate surface area is 272 Å². The lowest BCUT2D eigenvalue weighted by Crippen LogP contribution is -2.19. The molecule has 8 aromatic carbocycles. The highest BCUT2D eigenvalue weighted by Crippen LogP contribution is 2.46. The maximum Gasteiger partial charge on any atom is -0.00261 e. The monoisotopic (exact) mass is 590 g/mol. The minimum atomic E-state index is 0.123. The molecular weight excluding hydrogens is 553 g/mol. The lowest BCUT2D eigenvalue weighted by atomic mass is 9.76. The van der Waals surface area contributed by atoms with Crippen LogP contribution in [0.25, 0.3) is 76.5 Å². The molecule has 46 heavy (non-hydrogen) atoms. The first kappa shape index (κ1) is 28.3. The molecule has 0 nitrogen and oxygen atoms in total. The van der Waals surface area contributed by atoms with E-state index < -0.39 is 0 Å². The van der Waals surface area contributed by atoms with Crippen molar-refractivity contribution in [1.82, 2.24) is 0 Å². The smallest absolute Gasteiger partial charge is 0.00261 e. The van der Waals surface area contributed by atoms with Crippen LogP contribution >= 0.6 is 0 Å². The second kappa shape index (κ2) is 11.3. The van der Waals surface area contributed by atoms with Gasteiger partial charge in [0, 0.05) is 0 Å². The molecular formula is C46H38. The highest BCUT2D eigenvalue weighted by atomic mass is 14.3. The number of benzene rings is 8. The Bertz CT molecular complexity index is 2380. The predicted molar refractivity (Wildman–Crippen MR) is 201 cm³/mol. The Morgan fingerprint density at radius 3 is 1.65 bits per heavy atom. The van der Waals surface area contributed by atoms with Crippen LogP contribution in [0.3, 0.4) is 0 Å². The molecule has 0 aliphatic carbocycles. The van der Waals surface area contributed by atoms with Crippen LogP contribution < -0.4 is 0 Å². The van der Waals surface area contributed by atoms with E-state index in [0.717, 1.165) is 12.8 Å². The molecule has 0 bridgehead atoms. The average Bonchev–Trinajstić information content (AvgIpc) is 3.13. The maximum absolute atomic E-state index is 2.51. The fourth-order valence-electron chi connectivity index (χ4n) is 7.47. The van der Waals surface area contributed by atoms with E-state index in [2.05, 4.69) is 172 Å². The fraction of sp³-hybridized carbons (Fsp3) is 0.130. The molecule has 0 heterocycles. The second-order valence-corrected chi connectivity index (χ2v) is 13.0. The quantitative estimate of drug-likeness (QED) is 0.169. The lowest BCUT2D eigenvalue weighted by molar-refractivity contribution is 0.439. The van der Waals surface area contributed by atoms with Gasteiger partial charge in [0.25, 0.3) is 0 Å². The molecule has 0 amide bonds. The van der Waals surface area contributed by atoms with Crippen LogP contribution in [-0.2, 0) is 5.41 Å². The first-order valence-electron chi connectivity index (χ1n) is 16.6. The Balaban J connectivity index is 1.41. The molecule has 0 saturated carbocycles. The number of hydrogen-bond acceptors (Lipinski definition) is 0. The Morgan fingerprint density at radius 1 is 0.391 bits per heavy atom. The van der Waals surface area contributed by atoms with E-state index in [1.54, 1.807) is 0 Å². The van der Waals surface area contributed by atoms with Gasteiger partial charge in [-0.1, -0.05) is 160 Å². The molecule has 0 aliphatic rings. The standard InChI is InChI=1S/C46H38/c1-4-46(3,5-2)37-27-28-42-43(30-37)44(34-24-22-33(23-25-34)39-20-12-16-32-14-8-9-17-38(32)39)40-18-10-11-19-41(40)45(42)36-26-21-31-13-6-7-15-35(31)29-36/h6-30H,4-5H2,1-3H3. The largest absolute Gasteiger partial charge is 0.0645 e. The van der Waals surface area contributed by atoms with E-state index in [1.165, 1.54) is 82.0 Å². The summed E-state index contributed by atoms with van der Waals surface area (Å²) in [6.45, 7) is 7.06. The van der Waals surface area contributed by atoms with Crippen molar-refractivity contribution < 1.29 is 0 Å². The summed E-state index contributed by atoms with van der Waals surface area (Å²) in [6.07, 6.45) is 2.21. The van der Waals surface area contributed by atoms with Gasteiger partial charge in [0.05, 0.1) is 0 Å². The number of hydrogen-bond donors (Lipinski definition) is 0. The molecule has 8 aromatic rings. The van der Waals surface area contributed by atoms with Crippen molar-refractivity contribution >= 4 is 43.1 Å². The normalized spacial score (nSPS) is 12.0. The van der Waals surface area contributed by atoms with Gasteiger partial charge in [0.2, 0.25) is 0 Å². The summed E-state index contributed by atoms with van der Waals surface area (Å²) in [7, 11) is 0. The third kappa shape index (κ3) is 4.60. The zero-order chi connectivity index (χ0) is 31.3. The van der Waals surface area contributed by atoms with Gasteiger partial charge in [-0.3, -0.25) is 0 Å². The van der Waals surface area contributed by atoms with Crippen molar-refractivity contribution in [2.24, 2.45) is 0 Å². The van der Waals surface area contributed by atoms with Crippen LogP contribution in [0.1, 0.15) is 39.2 Å². The van der Waals surface area contributed by atoms with Crippen molar-refractivity contribution in [3.05, 3.63) is 157 Å². The molecule has 222 valence electrons. The first-order valence-corrected chi connectivity index (χ1v) is 16.6. The predicted octanol–water partition coefficient (Wildman–Crippen LogP) is 13.4. The van der Waals surface area contributed by atoms with E-state index in [1.807, 2.05) is 0 Å².